The Morgan fingerprint density at radius 3 is 2.27 bits per heavy atom. The van der Waals surface area contributed by atoms with Crippen LogP contribution >= 0.6 is 0 Å². The average Bonchev–Trinajstić information content (AvgIpc) is 2.55. The number of aryl methyl sites for hydroxylation is 1. The van der Waals surface area contributed by atoms with Gasteiger partial charge in [0.15, 0.2) is 0 Å². The van der Waals surface area contributed by atoms with Crippen molar-refractivity contribution >= 4 is 6.08 Å². The van der Waals surface area contributed by atoms with Crippen LogP contribution in [0, 0.1) is 11.8 Å². The standard InChI is InChI=1S/C22H34/c1-4-6-8-20-13-15-22(16-14-20)18(3)17-21-11-9-19(7-5-2)10-12-21/h9-12,17,20,22H,4-8,13-16H2,1-3H3/b18-17+. The summed E-state index contributed by atoms with van der Waals surface area (Å²) in [4.78, 5) is 0. The fraction of sp³-hybridized carbons (Fsp3) is 0.636. The molecule has 0 radical (unpaired) electrons. The molecule has 0 heterocycles. The maximum Gasteiger partial charge on any atom is -0.0202 e. The van der Waals surface area contributed by atoms with Gasteiger partial charge in [-0.05, 0) is 62.0 Å². The van der Waals surface area contributed by atoms with Gasteiger partial charge in [-0.3, -0.25) is 0 Å². The van der Waals surface area contributed by atoms with Gasteiger partial charge in [-0.1, -0.05) is 75.4 Å². The van der Waals surface area contributed by atoms with E-state index in [0.29, 0.717) is 0 Å². The maximum absolute atomic E-state index is 2.42. The molecule has 1 aromatic rings. The lowest BCUT2D eigenvalue weighted by atomic mass is 9.77. The highest BCUT2D eigenvalue weighted by atomic mass is 14.3. The Morgan fingerprint density at radius 2 is 1.68 bits per heavy atom. The molecule has 122 valence electrons. The minimum atomic E-state index is 0.827. The van der Waals surface area contributed by atoms with Crippen molar-refractivity contribution in [2.24, 2.45) is 11.8 Å². The highest BCUT2D eigenvalue weighted by Gasteiger charge is 2.21. The van der Waals surface area contributed by atoms with Crippen LogP contribution in [0.25, 0.3) is 6.08 Å². The van der Waals surface area contributed by atoms with Gasteiger partial charge in [0.25, 0.3) is 0 Å². The second kappa shape index (κ2) is 9.18. The molecule has 0 unspecified atom stereocenters. The van der Waals surface area contributed by atoms with E-state index in [0.717, 1.165) is 11.8 Å². The molecule has 1 aliphatic rings. The van der Waals surface area contributed by atoms with Crippen molar-refractivity contribution in [1.82, 2.24) is 0 Å². The molecule has 0 amide bonds. The fourth-order valence-corrected chi connectivity index (χ4v) is 3.85. The highest BCUT2D eigenvalue weighted by Crippen LogP contribution is 2.36. The van der Waals surface area contributed by atoms with Crippen molar-refractivity contribution in [1.29, 1.82) is 0 Å². The molecular formula is C22H34. The molecule has 0 aliphatic heterocycles. The molecule has 1 fully saturated rings. The molecule has 0 atom stereocenters. The Bertz CT molecular complexity index is 443. The zero-order valence-electron chi connectivity index (χ0n) is 14.9. The molecule has 2 rings (SSSR count). The smallest absolute Gasteiger partial charge is 0.0202 e. The van der Waals surface area contributed by atoms with E-state index in [2.05, 4.69) is 51.1 Å². The van der Waals surface area contributed by atoms with Gasteiger partial charge in [0.05, 0.1) is 0 Å². The largest absolute Gasteiger partial charge is 0.0696 e. The van der Waals surface area contributed by atoms with Crippen LogP contribution in [0.4, 0.5) is 0 Å². The van der Waals surface area contributed by atoms with Gasteiger partial charge in [-0.2, -0.15) is 0 Å². The lowest BCUT2D eigenvalue weighted by Crippen LogP contribution is -2.15. The normalized spacial score (nSPS) is 22.8. The molecule has 0 heteroatoms. The average molecular weight is 299 g/mol. The number of allylic oxidation sites excluding steroid dienone is 1. The summed E-state index contributed by atoms with van der Waals surface area (Å²) in [5.41, 5.74) is 4.44. The summed E-state index contributed by atoms with van der Waals surface area (Å²) in [6.45, 7) is 6.90. The van der Waals surface area contributed by atoms with E-state index in [1.807, 2.05) is 0 Å². The molecule has 0 spiro atoms. The van der Waals surface area contributed by atoms with Crippen molar-refractivity contribution in [3.8, 4) is 0 Å². The lowest BCUT2D eigenvalue weighted by molar-refractivity contribution is 0.283. The van der Waals surface area contributed by atoms with Crippen molar-refractivity contribution in [3.63, 3.8) is 0 Å². The minimum Gasteiger partial charge on any atom is -0.0696 e. The van der Waals surface area contributed by atoms with Crippen LogP contribution in [0.3, 0.4) is 0 Å². The summed E-state index contributed by atoms with van der Waals surface area (Å²) in [5, 5.41) is 0. The molecule has 1 aliphatic carbocycles. The van der Waals surface area contributed by atoms with Crippen LogP contribution in [0.2, 0.25) is 0 Å². The molecular weight excluding hydrogens is 264 g/mol. The molecule has 0 bridgehead atoms. The minimum absolute atomic E-state index is 0.827. The second-order valence-corrected chi connectivity index (χ2v) is 7.24. The maximum atomic E-state index is 2.42. The fourth-order valence-electron chi connectivity index (χ4n) is 3.85. The molecule has 0 aromatic heterocycles. The van der Waals surface area contributed by atoms with E-state index >= 15 is 0 Å². The Kier molecular flexibility index (Phi) is 7.22. The van der Waals surface area contributed by atoms with E-state index in [1.165, 1.54) is 68.9 Å². The topological polar surface area (TPSA) is 0 Å². The SMILES string of the molecule is CCCCC1CCC(/C(C)=C/c2ccc(CCC)cc2)CC1. The quantitative estimate of drug-likeness (QED) is 0.506. The Labute approximate surface area is 138 Å². The van der Waals surface area contributed by atoms with Crippen LogP contribution < -0.4 is 0 Å². The van der Waals surface area contributed by atoms with Gasteiger partial charge < -0.3 is 0 Å². The van der Waals surface area contributed by atoms with E-state index in [-0.39, 0.29) is 0 Å². The van der Waals surface area contributed by atoms with Crippen LogP contribution in [0.1, 0.15) is 83.3 Å². The number of hydrogen-bond acceptors (Lipinski definition) is 0. The highest BCUT2D eigenvalue weighted by molar-refractivity contribution is 5.53. The zero-order chi connectivity index (χ0) is 15.8. The molecule has 0 N–H and O–H groups in total. The first-order valence-corrected chi connectivity index (χ1v) is 9.50. The molecule has 0 saturated heterocycles. The van der Waals surface area contributed by atoms with Crippen LogP contribution in [0.15, 0.2) is 29.8 Å². The lowest BCUT2D eigenvalue weighted by Gasteiger charge is -2.29. The first-order chi connectivity index (χ1) is 10.7. The monoisotopic (exact) mass is 298 g/mol. The van der Waals surface area contributed by atoms with Gasteiger partial charge >= 0.3 is 0 Å². The van der Waals surface area contributed by atoms with Crippen LogP contribution in [-0.4, -0.2) is 0 Å². The summed E-state index contributed by atoms with van der Waals surface area (Å²) in [7, 11) is 0. The summed E-state index contributed by atoms with van der Waals surface area (Å²) >= 11 is 0. The summed E-state index contributed by atoms with van der Waals surface area (Å²) < 4.78 is 0. The summed E-state index contributed by atoms with van der Waals surface area (Å²) in [6, 6.07) is 9.18. The number of hydrogen-bond donors (Lipinski definition) is 0. The number of rotatable bonds is 7. The van der Waals surface area contributed by atoms with Crippen molar-refractivity contribution < 1.29 is 0 Å². The van der Waals surface area contributed by atoms with Gasteiger partial charge in [0.2, 0.25) is 0 Å². The molecule has 22 heavy (non-hydrogen) atoms. The number of unbranched alkanes of at least 4 members (excludes halogenated alkanes) is 1. The predicted molar refractivity (Wildman–Crippen MR) is 99.1 cm³/mol. The van der Waals surface area contributed by atoms with Crippen LogP contribution in [-0.2, 0) is 6.42 Å². The van der Waals surface area contributed by atoms with Gasteiger partial charge in [-0.15, -0.1) is 0 Å². The molecule has 1 aromatic carbocycles. The predicted octanol–water partition coefficient (Wildman–Crippen LogP) is 7.04. The van der Waals surface area contributed by atoms with Gasteiger partial charge in [0, 0.05) is 0 Å². The second-order valence-electron chi connectivity index (χ2n) is 7.24. The Hall–Kier alpha value is -1.04. The van der Waals surface area contributed by atoms with Crippen LogP contribution in [0.5, 0.6) is 0 Å². The first-order valence-electron chi connectivity index (χ1n) is 9.50. The van der Waals surface area contributed by atoms with Gasteiger partial charge in [0.1, 0.15) is 0 Å². The van der Waals surface area contributed by atoms with Crippen molar-refractivity contribution in [2.75, 3.05) is 0 Å². The van der Waals surface area contributed by atoms with Gasteiger partial charge in [-0.25, -0.2) is 0 Å². The Balaban J connectivity index is 1.87. The van der Waals surface area contributed by atoms with E-state index in [4.69, 9.17) is 0 Å². The summed E-state index contributed by atoms with van der Waals surface area (Å²) in [5.74, 6) is 1.84. The number of benzene rings is 1. The third-order valence-corrected chi connectivity index (χ3v) is 5.37. The molecule has 1 saturated carbocycles. The third kappa shape index (κ3) is 5.30. The Morgan fingerprint density at radius 1 is 1.00 bits per heavy atom. The van der Waals surface area contributed by atoms with E-state index in [1.54, 1.807) is 5.57 Å². The summed E-state index contributed by atoms with van der Waals surface area (Å²) in [6.07, 6.45) is 14.8. The van der Waals surface area contributed by atoms with Crippen molar-refractivity contribution in [3.05, 3.63) is 41.0 Å². The molecule has 0 nitrogen and oxygen atoms in total. The van der Waals surface area contributed by atoms with E-state index in [9.17, 15) is 0 Å². The van der Waals surface area contributed by atoms with Crippen molar-refractivity contribution in [2.45, 2.75) is 78.6 Å². The zero-order valence-corrected chi connectivity index (χ0v) is 14.9. The first kappa shape index (κ1) is 17.3. The third-order valence-electron chi connectivity index (χ3n) is 5.37. The van der Waals surface area contributed by atoms with E-state index < -0.39 is 0 Å².